The second-order valence-electron chi connectivity index (χ2n) is 11.4. The Morgan fingerprint density at radius 1 is 0.477 bits per heavy atom. The summed E-state index contributed by atoms with van der Waals surface area (Å²) in [5.74, 6) is 0. The van der Waals surface area contributed by atoms with Crippen LogP contribution in [0.1, 0.15) is 0 Å². The van der Waals surface area contributed by atoms with Crippen molar-refractivity contribution in [3.63, 3.8) is 0 Å². The van der Waals surface area contributed by atoms with Crippen molar-refractivity contribution in [3.05, 3.63) is 163 Å². The third-order valence-electron chi connectivity index (χ3n) is 9.19. The van der Waals surface area contributed by atoms with Crippen LogP contribution in [0.4, 0.5) is 0 Å². The molecule has 0 N–H and O–H groups in total. The molecule has 7 aromatic carbocycles. The molecule has 0 aliphatic carbocycles. The summed E-state index contributed by atoms with van der Waals surface area (Å²) in [4.78, 5) is 2.57. The van der Waals surface area contributed by atoms with Gasteiger partial charge >= 0.3 is 0 Å². The van der Waals surface area contributed by atoms with Crippen molar-refractivity contribution >= 4 is 84.8 Å². The number of rotatable bonds is 3. The molecule has 0 saturated heterocycles. The van der Waals surface area contributed by atoms with Crippen LogP contribution >= 0.6 is 23.4 Å². The number of aromatic nitrogens is 1. The van der Waals surface area contributed by atoms with Gasteiger partial charge in [0.05, 0.1) is 11.0 Å². The van der Waals surface area contributed by atoms with Crippen molar-refractivity contribution in [1.29, 1.82) is 0 Å². The molecule has 0 saturated carbocycles. The zero-order valence-electron chi connectivity index (χ0n) is 23.7. The largest absolute Gasteiger partial charge is 0.309 e. The molecule has 0 radical (unpaired) electrons. The summed E-state index contributed by atoms with van der Waals surface area (Å²) in [7, 11) is -2.77. The van der Waals surface area contributed by atoms with E-state index in [9.17, 15) is 0 Å². The fourth-order valence-electron chi connectivity index (χ4n) is 7.39. The molecule has 9 rings (SSSR count). The van der Waals surface area contributed by atoms with Crippen LogP contribution in [0, 0.1) is 0 Å². The standard InChI is InChI=1S/C40H26ClNSSi/c41-28-20-25-40-37(26-28)43-36-17-7-8-18-39(36)44(40,38-19-9-11-27-10-1-2-12-31(27)38)30-23-21-29(22-24-30)42-34-15-5-3-13-32(34)33-14-4-6-16-35(33)42/h1-26H. The lowest BCUT2D eigenvalue weighted by Crippen LogP contribution is -2.76. The summed E-state index contributed by atoms with van der Waals surface area (Å²) < 4.78 is 2.40. The number of fused-ring (bicyclic) bond motifs is 6. The third kappa shape index (κ3) is 3.67. The molecule has 1 aromatic heterocycles. The molecule has 44 heavy (non-hydrogen) atoms. The van der Waals surface area contributed by atoms with Crippen molar-refractivity contribution in [3.8, 4) is 5.69 Å². The second kappa shape index (κ2) is 10.00. The molecule has 0 bridgehead atoms. The summed E-state index contributed by atoms with van der Waals surface area (Å²) in [6.07, 6.45) is 0. The molecule has 2 heterocycles. The van der Waals surface area contributed by atoms with Crippen molar-refractivity contribution in [2.45, 2.75) is 9.79 Å². The SMILES string of the molecule is Clc1ccc2c(c1)Sc1ccccc1[Si]2(c1ccc(-n2c3ccccc3c3ccccc32)cc1)c1cccc2ccccc12. The van der Waals surface area contributed by atoms with Gasteiger partial charge in [-0.15, -0.1) is 0 Å². The predicted molar refractivity (Wildman–Crippen MR) is 191 cm³/mol. The fraction of sp³-hybridized carbons (Fsp3) is 0. The topological polar surface area (TPSA) is 4.93 Å². The van der Waals surface area contributed by atoms with E-state index in [0.29, 0.717) is 0 Å². The van der Waals surface area contributed by atoms with Crippen LogP contribution in [-0.4, -0.2) is 12.6 Å². The fourth-order valence-corrected chi connectivity index (χ4v) is 14.8. The molecule has 4 heteroatoms. The van der Waals surface area contributed by atoms with Crippen LogP contribution in [0.3, 0.4) is 0 Å². The van der Waals surface area contributed by atoms with Gasteiger partial charge in [-0.05, 0) is 74.0 Å². The van der Waals surface area contributed by atoms with E-state index >= 15 is 0 Å². The number of hydrogen-bond acceptors (Lipinski definition) is 1. The summed E-state index contributed by atoms with van der Waals surface area (Å²) >= 11 is 8.50. The minimum Gasteiger partial charge on any atom is -0.309 e. The first-order chi connectivity index (χ1) is 21.7. The minimum atomic E-state index is -2.77. The highest BCUT2D eigenvalue weighted by molar-refractivity contribution is 8.00. The second-order valence-corrected chi connectivity index (χ2v) is 16.6. The Bertz CT molecular complexity index is 2330. The van der Waals surface area contributed by atoms with E-state index in [1.54, 1.807) is 0 Å². The first-order valence-corrected chi connectivity index (χ1v) is 18.1. The highest BCUT2D eigenvalue weighted by Crippen LogP contribution is 2.36. The smallest absolute Gasteiger partial charge is 0.182 e. The van der Waals surface area contributed by atoms with E-state index in [4.69, 9.17) is 11.6 Å². The Kier molecular flexibility index (Phi) is 5.89. The molecule has 0 fully saturated rings. The molecule has 208 valence electrons. The molecule has 1 aliphatic heterocycles. The van der Waals surface area contributed by atoms with Crippen LogP contribution in [0.2, 0.25) is 5.02 Å². The number of hydrogen-bond donors (Lipinski definition) is 0. The summed E-state index contributed by atoms with van der Waals surface area (Å²) in [6, 6.07) is 58.1. The summed E-state index contributed by atoms with van der Waals surface area (Å²) in [5, 5.41) is 11.5. The van der Waals surface area contributed by atoms with Gasteiger partial charge in [-0.1, -0.05) is 139 Å². The van der Waals surface area contributed by atoms with Gasteiger partial charge in [0.1, 0.15) is 0 Å². The molecule has 1 nitrogen and oxygen atoms in total. The van der Waals surface area contributed by atoms with E-state index in [-0.39, 0.29) is 0 Å². The van der Waals surface area contributed by atoms with E-state index in [0.717, 1.165) is 5.02 Å². The number of para-hydroxylation sites is 2. The lowest BCUT2D eigenvalue weighted by molar-refractivity contribution is 1.18. The maximum atomic E-state index is 6.66. The van der Waals surface area contributed by atoms with Gasteiger partial charge in [0.25, 0.3) is 0 Å². The predicted octanol–water partition coefficient (Wildman–Crippen LogP) is 8.43. The zero-order chi connectivity index (χ0) is 29.3. The Hall–Kier alpha value is -4.54. The molecule has 1 unspecified atom stereocenters. The maximum absolute atomic E-state index is 6.66. The zero-order valence-corrected chi connectivity index (χ0v) is 26.3. The Morgan fingerprint density at radius 3 is 1.84 bits per heavy atom. The van der Waals surface area contributed by atoms with E-state index < -0.39 is 8.07 Å². The molecular weight excluding hydrogens is 590 g/mol. The van der Waals surface area contributed by atoms with Crippen LogP contribution in [0.15, 0.2) is 168 Å². The lowest BCUT2D eigenvalue weighted by atomic mass is 10.1. The highest BCUT2D eigenvalue weighted by atomic mass is 35.5. The van der Waals surface area contributed by atoms with Crippen LogP contribution in [0.25, 0.3) is 38.3 Å². The molecule has 0 amide bonds. The van der Waals surface area contributed by atoms with Gasteiger partial charge in [-0.25, -0.2) is 0 Å². The van der Waals surface area contributed by atoms with Crippen LogP contribution in [0.5, 0.6) is 0 Å². The number of nitrogens with zero attached hydrogens (tertiary/aromatic N) is 1. The average molecular weight is 616 g/mol. The van der Waals surface area contributed by atoms with E-state index in [1.165, 1.54) is 68.8 Å². The van der Waals surface area contributed by atoms with Crippen LogP contribution in [-0.2, 0) is 0 Å². The number of halogens is 1. The number of benzene rings is 7. The quantitative estimate of drug-likeness (QED) is 0.181. The maximum Gasteiger partial charge on any atom is 0.182 e. The first kappa shape index (κ1) is 25.9. The van der Waals surface area contributed by atoms with Crippen molar-refractivity contribution in [1.82, 2.24) is 4.57 Å². The molecule has 1 atom stereocenters. The Morgan fingerprint density at radius 2 is 1.07 bits per heavy atom. The Balaban J connectivity index is 1.37. The van der Waals surface area contributed by atoms with E-state index in [2.05, 4.69) is 162 Å². The molecule has 1 aliphatic rings. The highest BCUT2D eigenvalue weighted by Gasteiger charge is 2.47. The van der Waals surface area contributed by atoms with Gasteiger partial charge in [0, 0.05) is 31.3 Å². The van der Waals surface area contributed by atoms with Crippen LogP contribution < -0.4 is 20.7 Å². The first-order valence-electron chi connectivity index (χ1n) is 14.9. The van der Waals surface area contributed by atoms with Gasteiger partial charge in [-0.2, -0.15) is 0 Å². The normalized spacial score (nSPS) is 15.8. The van der Waals surface area contributed by atoms with Crippen molar-refractivity contribution in [2.24, 2.45) is 0 Å². The van der Waals surface area contributed by atoms with Crippen molar-refractivity contribution < 1.29 is 0 Å². The molecule has 0 spiro atoms. The summed E-state index contributed by atoms with van der Waals surface area (Å²) in [5.41, 5.74) is 3.62. The monoisotopic (exact) mass is 615 g/mol. The minimum absolute atomic E-state index is 0.776. The Labute approximate surface area is 266 Å². The summed E-state index contributed by atoms with van der Waals surface area (Å²) in [6.45, 7) is 0. The van der Waals surface area contributed by atoms with Gasteiger partial charge in [-0.3, -0.25) is 0 Å². The van der Waals surface area contributed by atoms with Crippen molar-refractivity contribution in [2.75, 3.05) is 0 Å². The lowest BCUT2D eigenvalue weighted by Gasteiger charge is -2.40. The molecular formula is C40H26ClNSSi. The van der Waals surface area contributed by atoms with E-state index in [1.807, 2.05) is 11.8 Å². The third-order valence-corrected chi connectivity index (χ3v) is 15.9. The van der Waals surface area contributed by atoms with Gasteiger partial charge in [0.15, 0.2) is 8.07 Å². The van der Waals surface area contributed by atoms with Gasteiger partial charge in [0.2, 0.25) is 0 Å². The van der Waals surface area contributed by atoms with Gasteiger partial charge < -0.3 is 4.57 Å². The average Bonchev–Trinajstić information content (AvgIpc) is 3.41. The molecule has 8 aromatic rings.